The number of alkyl halides is 1. The summed E-state index contributed by atoms with van der Waals surface area (Å²) in [4.78, 5) is 32.8. The molecule has 0 amide bonds. The van der Waals surface area contributed by atoms with Crippen LogP contribution in [-0.4, -0.2) is 38.0 Å². The van der Waals surface area contributed by atoms with Crippen molar-refractivity contribution in [2.75, 3.05) is 20.1 Å². The molecule has 0 aromatic rings. The van der Waals surface area contributed by atoms with E-state index >= 15 is 0 Å². The van der Waals surface area contributed by atoms with Gasteiger partial charge in [0, 0.05) is 18.4 Å². The normalized spacial score (nSPS) is 9.58. The average molecular weight is 276 g/mol. The molecule has 0 aliphatic heterocycles. The minimum Gasteiger partial charge on any atom is -0.462 e. The van der Waals surface area contributed by atoms with Crippen LogP contribution in [0.15, 0.2) is 12.2 Å². The maximum atomic E-state index is 11.6. The molecule has 0 N–H and O–H groups in total. The molecule has 0 radical (unpaired) electrons. The van der Waals surface area contributed by atoms with Crippen LogP contribution in [0, 0.1) is 0 Å². The van der Waals surface area contributed by atoms with Crippen LogP contribution < -0.4 is 0 Å². The lowest BCUT2D eigenvalue weighted by molar-refractivity contribution is -0.151. The molecule has 0 aromatic heterocycles. The van der Waals surface area contributed by atoms with Crippen molar-refractivity contribution in [2.24, 2.45) is 0 Å². The van der Waals surface area contributed by atoms with Crippen LogP contribution in [0.2, 0.25) is 0 Å². The highest BCUT2D eigenvalue weighted by atomic mass is 19.1. The molecule has 0 saturated carbocycles. The van der Waals surface area contributed by atoms with E-state index in [1.165, 1.54) is 6.92 Å². The predicted octanol–water partition coefficient (Wildman–Crippen LogP) is 1.29. The average Bonchev–Trinajstić information content (AvgIpc) is 2.34. The van der Waals surface area contributed by atoms with E-state index in [2.05, 4.69) is 11.3 Å². The van der Waals surface area contributed by atoms with Gasteiger partial charge in [0.25, 0.3) is 0 Å². The minimum absolute atomic E-state index is 0.00974. The second-order valence-corrected chi connectivity index (χ2v) is 3.62. The summed E-state index contributed by atoms with van der Waals surface area (Å²) >= 11 is 0. The summed E-state index contributed by atoms with van der Waals surface area (Å²) in [5.41, 5.74) is 0.262. The van der Waals surface area contributed by atoms with Gasteiger partial charge in [-0.2, -0.15) is 0 Å². The van der Waals surface area contributed by atoms with E-state index in [0.717, 1.165) is 0 Å². The number of hydrogen-bond donors (Lipinski definition) is 0. The van der Waals surface area contributed by atoms with E-state index in [1.54, 1.807) is 0 Å². The summed E-state index contributed by atoms with van der Waals surface area (Å²) in [5.74, 6) is -1.78. The smallest absolute Gasteiger partial charge is 0.333 e. The topological polar surface area (TPSA) is 78.9 Å². The molecule has 0 aliphatic rings. The maximum Gasteiger partial charge on any atom is 0.333 e. The molecule has 0 unspecified atom stereocenters. The van der Waals surface area contributed by atoms with Gasteiger partial charge in [-0.05, 0) is 13.3 Å². The van der Waals surface area contributed by atoms with E-state index in [0.29, 0.717) is 0 Å². The third-order valence-corrected chi connectivity index (χ3v) is 1.91. The van der Waals surface area contributed by atoms with Crippen molar-refractivity contribution in [2.45, 2.75) is 26.2 Å². The fourth-order valence-electron chi connectivity index (χ4n) is 0.995. The Labute approximate surface area is 110 Å². The first-order chi connectivity index (χ1) is 8.97. The van der Waals surface area contributed by atoms with Gasteiger partial charge in [-0.1, -0.05) is 6.58 Å². The van der Waals surface area contributed by atoms with E-state index in [-0.39, 0.29) is 38.0 Å². The molecule has 0 bridgehead atoms. The van der Waals surface area contributed by atoms with Crippen molar-refractivity contribution >= 4 is 17.9 Å². The molecule has 0 heterocycles. The van der Waals surface area contributed by atoms with Gasteiger partial charge >= 0.3 is 17.9 Å². The Morgan fingerprint density at radius 2 is 1.53 bits per heavy atom. The van der Waals surface area contributed by atoms with Gasteiger partial charge in [-0.3, -0.25) is 9.59 Å². The number of halogens is 1. The van der Waals surface area contributed by atoms with Gasteiger partial charge in [0.05, 0.1) is 0 Å². The van der Waals surface area contributed by atoms with E-state index < -0.39 is 24.8 Å². The first kappa shape index (κ1) is 17.1. The van der Waals surface area contributed by atoms with Crippen molar-refractivity contribution in [3.63, 3.8) is 0 Å². The molecular formula is C12H17FO6. The molecule has 0 atom stereocenters. The highest BCUT2D eigenvalue weighted by Crippen LogP contribution is 2.00. The molecule has 7 heteroatoms. The minimum atomic E-state index is -1.17. The standard InChI is InChI=1S/C12H17FO6/c1-9(2)12(16)18-7-6-17-10(14)4-3-5-11(15)19-8-13/h1,3-8H2,2H3. The van der Waals surface area contributed by atoms with Gasteiger partial charge < -0.3 is 14.2 Å². The summed E-state index contributed by atoms with van der Waals surface area (Å²) in [5, 5.41) is 0. The Balaban J connectivity index is 3.52. The van der Waals surface area contributed by atoms with E-state index in [1.807, 2.05) is 0 Å². The van der Waals surface area contributed by atoms with Crippen LogP contribution in [0.4, 0.5) is 4.39 Å². The van der Waals surface area contributed by atoms with Crippen LogP contribution in [0.5, 0.6) is 0 Å². The Kier molecular flexibility index (Phi) is 9.03. The fourth-order valence-corrected chi connectivity index (χ4v) is 0.995. The molecule has 0 fully saturated rings. The number of esters is 3. The predicted molar refractivity (Wildman–Crippen MR) is 62.7 cm³/mol. The van der Waals surface area contributed by atoms with Gasteiger partial charge in [-0.25, -0.2) is 9.18 Å². The third-order valence-electron chi connectivity index (χ3n) is 1.91. The van der Waals surface area contributed by atoms with Crippen LogP contribution in [0.25, 0.3) is 0 Å². The van der Waals surface area contributed by atoms with Crippen molar-refractivity contribution in [3.05, 3.63) is 12.2 Å². The quantitative estimate of drug-likeness (QED) is 0.273. The second kappa shape index (κ2) is 10.0. The Morgan fingerprint density at radius 3 is 2.05 bits per heavy atom. The van der Waals surface area contributed by atoms with Gasteiger partial charge in [0.1, 0.15) is 13.2 Å². The zero-order chi connectivity index (χ0) is 14.7. The van der Waals surface area contributed by atoms with Crippen molar-refractivity contribution < 1.29 is 33.0 Å². The summed E-state index contributed by atoms with van der Waals surface area (Å²) in [6, 6.07) is 0. The number of rotatable bonds is 9. The molecule has 0 aliphatic carbocycles. The number of hydrogen-bond acceptors (Lipinski definition) is 6. The molecule has 6 nitrogen and oxygen atoms in total. The SMILES string of the molecule is C=C(C)C(=O)OCCOC(=O)CCCC(=O)OCF. The van der Waals surface area contributed by atoms with Gasteiger partial charge in [0.2, 0.25) is 6.86 Å². The monoisotopic (exact) mass is 276 g/mol. The molecule has 0 spiro atoms. The summed E-state index contributed by atoms with van der Waals surface area (Å²) in [6.07, 6.45) is 0.169. The second-order valence-electron chi connectivity index (χ2n) is 3.62. The molecule has 0 aromatic carbocycles. The third kappa shape index (κ3) is 9.75. The largest absolute Gasteiger partial charge is 0.462 e. The van der Waals surface area contributed by atoms with Crippen LogP contribution in [-0.2, 0) is 28.6 Å². The molecule has 0 saturated heterocycles. The van der Waals surface area contributed by atoms with Gasteiger partial charge in [-0.15, -0.1) is 0 Å². The first-order valence-electron chi connectivity index (χ1n) is 5.67. The highest BCUT2D eigenvalue weighted by molar-refractivity contribution is 5.86. The van der Waals surface area contributed by atoms with Crippen LogP contribution >= 0.6 is 0 Å². The van der Waals surface area contributed by atoms with E-state index in [4.69, 9.17) is 9.47 Å². The summed E-state index contributed by atoms with van der Waals surface area (Å²) in [7, 11) is 0. The lowest BCUT2D eigenvalue weighted by atomic mass is 10.2. The Hall–Kier alpha value is -1.92. The molecule has 0 rings (SSSR count). The summed E-state index contributed by atoms with van der Waals surface area (Å²) in [6.45, 7) is 3.61. The zero-order valence-corrected chi connectivity index (χ0v) is 10.8. The molecule has 108 valence electrons. The highest BCUT2D eigenvalue weighted by Gasteiger charge is 2.08. The van der Waals surface area contributed by atoms with Crippen LogP contribution in [0.1, 0.15) is 26.2 Å². The zero-order valence-electron chi connectivity index (χ0n) is 10.8. The Morgan fingerprint density at radius 1 is 1.00 bits per heavy atom. The lowest BCUT2D eigenvalue weighted by Crippen LogP contribution is -2.14. The van der Waals surface area contributed by atoms with Gasteiger partial charge in [0.15, 0.2) is 0 Å². The number of ether oxygens (including phenoxy) is 3. The summed E-state index contributed by atoms with van der Waals surface area (Å²) < 4.78 is 25.1. The Bertz CT molecular complexity index is 339. The number of carbonyl (C=O) groups is 3. The van der Waals surface area contributed by atoms with Crippen LogP contribution in [0.3, 0.4) is 0 Å². The fraction of sp³-hybridized carbons (Fsp3) is 0.583. The lowest BCUT2D eigenvalue weighted by Gasteiger charge is -2.06. The van der Waals surface area contributed by atoms with Crippen molar-refractivity contribution in [1.29, 1.82) is 0 Å². The molecule has 19 heavy (non-hydrogen) atoms. The van der Waals surface area contributed by atoms with E-state index in [9.17, 15) is 18.8 Å². The van der Waals surface area contributed by atoms with Crippen molar-refractivity contribution in [1.82, 2.24) is 0 Å². The molecular weight excluding hydrogens is 259 g/mol. The van der Waals surface area contributed by atoms with Crippen molar-refractivity contribution in [3.8, 4) is 0 Å². The first-order valence-corrected chi connectivity index (χ1v) is 5.67. The number of carbonyl (C=O) groups excluding carboxylic acids is 3. The maximum absolute atomic E-state index is 11.6.